The Labute approximate surface area is 114 Å². The SMILES string of the molecule is COCCNCCc1c(Cl)cnn1CCN(C)C. The molecule has 1 aromatic rings. The number of aromatic nitrogens is 2. The zero-order chi connectivity index (χ0) is 13.4. The van der Waals surface area contributed by atoms with E-state index in [0.29, 0.717) is 0 Å². The first kappa shape index (κ1) is 15.4. The van der Waals surface area contributed by atoms with E-state index in [1.54, 1.807) is 13.3 Å². The van der Waals surface area contributed by atoms with Crippen LogP contribution in [0, 0.1) is 0 Å². The molecule has 0 atom stereocenters. The van der Waals surface area contributed by atoms with Crippen molar-refractivity contribution in [3.8, 4) is 0 Å². The monoisotopic (exact) mass is 274 g/mol. The molecule has 1 heterocycles. The molecular formula is C12H23ClN4O. The van der Waals surface area contributed by atoms with E-state index >= 15 is 0 Å². The molecule has 18 heavy (non-hydrogen) atoms. The van der Waals surface area contributed by atoms with Gasteiger partial charge < -0.3 is 15.0 Å². The van der Waals surface area contributed by atoms with Crippen molar-refractivity contribution < 1.29 is 4.74 Å². The minimum Gasteiger partial charge on any atom is -0.383 e. The molecule has 0 unspecified atom stereocenters. The number of nitrogens with zero attached hydrogens (tertiary/aromatic N) is 3. The van der Waals surface area contributed by atoms with Gasteiger partial charge >= 0.3 is 0 Å². The van der Waals surface area contributed by atoms with E-state index in [1.165, 1.54) is 0 Å². The van der Waals surface area contributed by atoms with E-state index in [1.807, 2.05) is 4.68 Å². The van der Waals surface area contributed by atoms with E-state index in [2.05, 4.69) is 29.4 Å². The Morgan fingerprint density at radius 3 is 2.89 bits per heavy atom. The number of methoxy groups -OCH3 is 1. The summed E-state index contributed by atoms with van der Waals surface area (Å²) in [7, 11) is 5.81. The Bertz CT molecular complexity index is 341. The fourth-order valence-electron chi connectivity index (χ4n) is 1.63. The topological polar surface area (TPSA) is 42.3 Å². The summed E-state index contributed by atoms with van der Waals surface area (Å²) >= 11 is 6.15. The number of ether oxygens (including phenoxy) is 1. The van der Waals surface area contributed by atoms with Crippen molar-refractivity contribution in [2.75, 3.05) is 47.4 Å². The van der Waals surface area contributed by atoms with Crippen molar-refractivity contribution in [2.45, 2.75) is 13.0 Å². The highest BCUT2D eigenvalue weighted by molar-refractivity contribution is 6.31. The summed E-state index contributed by atoms with van der Waals surface area (Å²) in [5.41, 5.74) is 1.10. The molecule has 0 amide bonds. The van der Waals surface area contributed by atoms with Gasteiger partial charge in [0.2, 0.25) is 0 Å². The first-order valence-electron chi connectivity index (χ1n) is 6.19. The molecule has 0 radical (unpaired) electrons. The Kier molecular flexibility index (Phi) is 7.27. The van der Waals surface area contributed by atoms with Crippen LogP contribution in [0.4, 0.5) is 0 Å². The molecule has 0 spiro atoms. The number of likely N-dealkylation sites (N-methyl/N-ethyl adjacent to an activating group) is 1. The third kappa shape index (κ3) is 5.35. The maximum absolute atomic E-state index is 6.15. The van der Waals surface area contributed by atoms with Gasteiger partial charge in [-0.15, -0.1) is 0 Å². The molecule has 6 heteroatoms. The highest BCUT2D eigenvalue weighted by atomic mass is 35.5. The summed E-state index contributed by atoms with van der Waals surface area (Å²) in [6, 6.07) is 0. The van der Waals surface area contributed by atoms with Crippen LogP contribution in [0.3, 0.4) is 0 Å². The predicted octanol–water partition coefficient (Wildman–Crippen LogP) is 0.877. The quantitative estimate of drug-likeness (QED) is 0.679. The standard InChI is InChI=1S/C12H23ClN4O/c1-16(2)7-8-17-12(11(13)10-15-17)4-5-14-6-9-18-3/h10,14H,4-9H2,1-3H3. The zero-order valence-electron chi connectivity index (χ0n) is 11.4. The largest absolute Gasteiger partial charge is 0.383 e. The van der Waals surface area contributed by atoms with Gasteiger partial charge in [0, 0.05) is 33.2 Å². The highest BCUT2D eigenvalue weighted by Gasteiger charge is 2.08. The second-order valence-corrected chi connectivity index (χ2v) is 4.87. The summed E-state index contributed by atoms with van der Waals surface area (Å²) in [5.74, 6) is 0. The lowest BCUT2D eigenvalue weighted by atomic mass is 10.3. The number of halogens is 1. The lowest BCUT2D eigenvalue weighted by molar-refractivity contribution is 0.199. The molecule has 0 fully saturated rings. The first-order valence-corrected chi connectivity index (χ1v) is 6.57. The van der Waals surface area contributed by atoms with Crippen LogP contribution in [-0.2, 0) is 17.7 Å². The van der Waals surface area contributed by atoms with E-state index in [-0.39, 0.29) is 0 Å². The van der Waals surface area contributed by atoms with Crippen LogP contribution in [0.2, 0.25) is 5.02 Å². The fourth-order valence-corrected chi connectivity index (χ4v) is 1.87. The summed E-state index contributed by atoms with van der Waals surface area (Å²) in [5, 5.41) is 8.37. The van der Waals surface area contributed by atoms with Crippen LogP contribution in [0.15, 0.2) is 6.20 Å². The molecule has 0 saturated carbocycles. The van der Waals surface area contributed by atoms with Crippen molar-refractivity contribution in [1.29, 1.82) is 0 Å². The molecule has 1 aromatic heterocycles. The van der Waals surface area contributed by atoms with Gasteiger partial charge in [-0.3, -0.25) is 4.68 Å². The van der Waals surface area contributed by atoms with Crippen LogP contribution >= 0.6 is 11.6 Å². The van der Waals surface area contributed by atoms with Crippen molar-refractivity contribution in [1.82, 2.24) is 20.0 Å². The average Bonchev–Trinajstić information content (AvgIpc) is 2.68. The van der Waals surface area contributed by atoms with Gasteiger partial charge in [0.15, 0.2) is 0 Å². The van der Waals surface area contributed by atoms with E-state index in [0.717, 1.165) is 49.9 Å². The van der Waals surface area contributed by atoms with Gasteiger partial charge in [-0.2, -0.15) is 5.10 Å². The Morgan fingerprint density at radius 2 is 2.22 bits per heavy atom. The molecule has 0 bridgehead atoms. The lowest BCUT2D eigenvalue weighted by Crippen LogP contribution is -2.24. The third-order valence-corrected chi connectivity index (χ3v) is 2.99. The van der Waals surface area contributed by atoms with E-state index < -0.39 is 0 Å². The summed E-state index contributed by atoms with van der Waals surface area (Å²) < 4.78 is 6.97. The molecule has 104 valence electrons. The molecule has 0 saturated heterocycles. The lowest BCUT2D eigenvalue weighted by Gasteiger charge is -2.12. The molecule has 0 aliphatic carbocycles. The molecule has 1 rings (SSSR count). The van der Waals surface area contributed by atoms with Crippen LogP contribution in [-0.4, -0.2) is 62.1 Å². The van der Waals surface area contributed by atoms with E-state index in [4.69, 9.17) is 16.3 Å². The van der Waals surface area contributed by atoms with Gasteiger partial charge in [0.1, 0.15) is 0 Å². The number of hydrogen-bond donors (Lipinski definition) is 1. The van der Waals surface area contributed by atoms with Gasteiger partial charge in [0.05, 0.1) is 30.1 Å². The predicted molar refractivity (Wildman–Crippen MR) is 74.2 cm³/mol. The maximum Gasteiger partial charge on any atom is 0.0818 e. The minimum absolute atomic E-state index is 0.730. The second kappa shape index (κ2) is 8.48. The molecule has 0 aliphatic heterocycles. The second-order valence-electron chi connectivity index (χ2n) is 4.46. The van der Waals surface area contributed by atoms with Crippen LogP contribution in [0.1, 0.15) is 5.69 Å². The number of rotatable bonds is 9. The molecule has 0 aliphatic rings. The zero-order valence-corrected chi connectivity index (χ0v) is 12.2. The normalized spacial score (nSPS) is 11.4. The molecule has 0 aromatic carbocycles. The van der Waals surface area contributed by atoms with Crippen LogP contribution in [0.25, 0.3) is 0 Å². The molecule has 5 nitrogen and oxygen atoms in total. The minimum atomic E-state index is 0.730. The smallest absolute Gasteiger partial charge is 0.0818 e. The number of hydrogen-bond acceptors (Lipinski definition) is 4. The molecule has 1 N–H and O–H groups in total. The third-order valence-electron chi connectivity index (χ3n) is 2.68. The van der Waals surface area contributed by atoms with Crippen molar-refractivity contribution in [2.24, 2.45) is 0 Å². The summed E-state index contributed by atoms with van der Waals surface area (Å²) in [6.07, 6.45) is 2.61. The number of nitrogens with one attached hydrogen (secondary N) is 1. The van der Waals surface area contributed by atoms with Crippen LogP contribution < -0.4 is 5.32 Å². The Hall–Kier alpha value is -0.620. The molecular weight excluding hydrogens is 252 g/mol. The van der Waals surface area contributed by atoms with Crippen LogP contribution in [0.5, 0.6) is 0 Å². The van der Waals surface area contributed by atoms with Gasteiger partial charge in [-0.05, 0) is 14.1 Å². The van der Waals surface area contributed by atoms with Gasteiger partial charge in [-0.1, -0.05) is 11.6 Å². The Morgan fingerprint density at radius 1 is 1.44 bits per heavy atom. The summed E-state index contributed by atoms with van der Waals surface area (Å²) in [6.45, 7) is 4.31. The Balaban J connectivity index is 2.40. The van der Waals surface area contributed by atoms with Gasteiger partial charge in [0.25, 0.3) is 0 Å². The van der Waals surface area contributed by atoms with E-state index in [9.17, 15) is 0 Å². The highest BCUT2D eigenvalue weighted by Crippen LogP contribution is 2.15. The fraction of sp³-hybridized carbons (Fsp3) is 0.750. The first-order chi connectivity index (χ1) is 8.65. The van der Waals surface area contributed by atoms with Gasteiger partial charge in [-0.25, -0.2) is 0 Å². The average molecular weight is 275 g/mol. The maximum atomic E-state index is 6.15. The summed E-state index contributed by atoms with van der Waals surface area (Å²) in [4.78, 5) is 2.14. The van der Waals surface area contributed by atoms with Crippen molar-refractivity contribution >= 4 is 11.6 Å². The van der Waals surface area contributed by atoms with Crippen molar-refractivity contribution in [3.63, 3.8) is 0 Å². The van der Waals surface area contributed by atoms with Crippen molar-refractivity contribution in [3.05, 3.63) is 16.9 Å².